The van der Waals surface area contributed by atoms with Gasteiger partial charge in [-0.05, 0) is 26.3 Å². The fraction of sp³-hybridized carbons (Fsp3) is 0.909. The number of carbonyl (C=O) groups is 1. The minimum absolute atomic E-state index is 0.144. The third-order valence-corrected chi connectivity index (χ3v) is 2.70. The maximum atomic E-state index is 11.9. The van der Waals surface area contributed by atoms with Crippen LogP contribution in [-0.2, 0) is 9.53 Å². The maximum Gasteiger partial charge on any atom is 0.223 e. The van der Waals surface area contributed by atoms with E-state index < -0.39 is 0 Å². The number of rotatable bonds is 3. The molecule has 0 aromatic rings. The SMILES string of the molecule is CC(CN)CC(=O)N1C[C@@H](C)O[C@@H](C)C1. The van der Waals surface area contributed by atoms with Gasteiger partial charge < -0.3 is 15.4 Å². The topological polar surface area (TPSA) is 55.6 Å². The van der Waals surface area contributed by atoms with Crippen molar-refractivity contribution in [2.45, 2.75) is 39.4 Å². The molecule has 0 radical (unpaired) electrons. The van der Waals surface area contributed by atoms with Crippen LogP contribution >= 0.6 is 0 Å². The number of hydrogen-bond donors (Lipinski definition) is 1. The van der Waals surface area contributed by atoms with E-state index in [9.17, 15) is 4.79 Å². The van der Waals surface area contributed by atoms with E-state index in [1.165, 1.54) is 0 Å². The number of nitrogens with zero attached hydrogens (tertiary/aromatic N) is 1. The summed E-state index contributed by atoms with van der Waals surface area (Å²) in [5.41, 5.74) is 5.51. The second kappa shape index (κ2) is 5.47. The summed E-state index contributed by atoms with van der Waals surface area (Å²) < 4.78 is 5.58. The summed E-state index contributed by atoms with van der Waals surface area (Å²) in [4.78, 5) is 13.8. The molecule has 1 unspecified atom stereocenters. The van der Waals surface area contributed by atoms with Crippen molar-refractivity contribution in [1.82, 2.24) is 4.90 Å². The third-order valence-electron chi connectivity index (χ3n) is 2.70. The van der Waals surface area contributed by atoms with E-state index >= 15 is 0 Å². The largest absolute Gasteiger partial charge is 0.372 e. The van der Waals surface area contributed by atoms with Gasteiger partial charge in [0.25, 0.3) is 0 Å². The van der Waals surface area contributed by atoms with Gasteiger partial charge in [-0.15, -0.1) is 0 Å². The Bertz CT molecular complexity index is 211. The summed E-state index contributed by atoms with van der Waals surface area (Å²) in [6, 6.07) is 0. The van der Waals surface area contributed by atoms with Crippen LogP contribution in [0, 0.1) is 5.92 Å². The van der Waals surface area contributed by atoms with Crippen molar-refractivity contribution in [3.63, 3.8) is 0 Å². The molecule has 1 fully saturated rings. The number of carbonyl (C=O) groups excluding carboxylic acids is 1. The van der Waals surface area contributed by atoms with E-state index in [1.807, 2.05) is 25.7 Å². The molecule has 1 amide bonds. The van der Waals surface area contributed by atoms with Crippen LogP contribution < -0.4 is 5.73 Å². The van der Waals surface area contributed by atoms with Gasteiger partial charge in [0.2, 0.25) is 5.91 Å². The minimum atomic E-state index is 0.144. The van der Waals surface area contributed by atoms with Crippen LogP contribution in [0.25, 0.3) is 0 Å². The zero-order valence-electron chi connectivity index (χ0n) is 9.90. The summed E-state index contributed by atoms with van der Waals surface area (Å²) in [6.07, 6.45) is 0.840. The van der Waals surface area contributed by atoms with Gasteiger partial charge in [0, 0.05) is 19.5 Å². The van der Waals surface area contributed by atoms with Crippen LogP contribution in [0.4, 0.5) is 0 Å². The van der Waals surface area contributed by atoms with Gasteiger partial charge in [0.05, 0.1) is 12.2 Å². The first-order valence-electron chi connectivity index (χ1n) is 5.66. The molecule has 1 saturated heterocycles. The lowest BCUT2D eigenvalue weighted by atomic mass is 10.1. The molecule has 4 heteroatoms. The van der Waals surface area contributed by atoms with Crippen molar-refractivity contribution < 1.29 is 9.53 Å². The molecule has 0 aromatic heterocycles. The first-order chi connectivity index (χ1) is 7.02. The molecule has 4 nitrogen and oxygen atoms in total. The molecule has 15 heavy (non-hydrogen) atoms. The van der Waals surface area contributed by atoms with E-state index in [0.29, 0.717) is 26.1 Å². The smallest absolute Gasteiger partial charge is 0.223 e. The molecule has 0 bridgehead atoms. The molecular weight excluding hydrogens is 192 g/mol. The molecule has 0 aromatic carbocycles. The van der Waals surface area contributed by atoms with E-state index in [0.717, 1.165) is 0 Å². The predicted octanol–water partition coefficient (Wildman–Crippen LogP) is 0.607. The number of amides is 1. The van der Waals surface area contributed by atoms with Crippen LogP contribution in [0.3, 0.4) is 0 Å². The highest BCUT2D eigenvalue weighted by Crippen LogP contribution is 2.13. The maximum absolute atomic E-state index is 11.9. The standard InChI is InChI=1S/C11H22N2O2/c1-8(5-12)4-11(14)13-6-9(2)15-10(3)7-13/h8-10H,4-7,12H2,1-3H3/t8?,9-,10+. The van der Waals surface area contributed by atoms with Crippen LogP contribution in [-0.4, -0.2) is 42.6 Å². The lowest BCUT2D eigenvalue weighted by molar-refractivity contribution is -0.144. The Kier molecular flexibility index (Phi) is 4.54. The van der Waals surface area contributed by atoms with Crippen molar-refractivity contribution in [2.24, 2.45) is 11.7 Å². The van der Waals surface area contributed by atoms with Gasteiger partial charge in [-0.2, -0.15) is 0 Å². The highest BCUT2D eigenvalue weighted by molar-refractivity contribution is 5.76. The number of nitrogens with two attached hydrogens (primary N) is 1. The Hall–Kier alpha value is -0.610. The number of hydrogen-bond acceptors (Lipinski definition) is 3. The molecule has 3 atom stereocenters. The van der Waals surface area contributed by atoms with Gasteiger partial charge in [-0.3, -0.25) is 4.79 Å². The zero-order valence-corrected chi connectivity index (χ0v) is 9.90. The molecule has 1 heterocycles. The second-order valence-corrected chi connectivity index (χ2v) is 4.60. The fourth-order valence-electron chi connectivity index (χ4n) is 1.89. The number of morpholine rings is 1. The normalized spacial score (nSPS) is 28.9. The predicted molar refractivity (Wildman–Crippen MR) is 59.4 cm³/mol. The molecule has 0 spiro atoms. The van der Waals surface area contributed by atoms with Crippen molar-refractivity contribution >= 4 is 5.91 Å². The van der Waals surface area contributed by atoms with Crippen LogP contribution in [0.15, 0.2) is 0 Å². The Morgan fingerprint density at radius 3 is 2.47 bits per heavy atom. The lowest BCUT2D eigenvalue weighted by Gasteiger charge is -2.35. The Balaban J connectivity index is 2.44. The summed E-state index contributed by atoms with van der Waals surface area (Å²) >= 11 is 0. The van der Waals surface area contributed by atoms with E-state index in [-0.39, 0.29) is 24.0 Å². The third kappa shape index (κ3) is 3.80. The first-order valence-corrected chi connectivity index (χ1v) is 5.66. The summed E-state index contributed by atoms with van der Waals surface area (Å²) in [6.45, 7) is 8.00. The van der Waals surface area contributed by atoms with Gasteiger partial charge >= 0.3 is 0 Å². The summed E-state index contributed by atoms with van der Waals surface area (Å²) in [7, 11) is 0. The first kappa shape index (κ1) is 12.5. The molecule has 1 aliphatic rings. The average molecular weight is 214 g/mol. The van der Waals surface area contributed by atoms with Crippen LogP contribution in [0.2, 0.25) is 0 Å². The molecule has 0 aliphatic carbocycles. The molecule has 2 N–H and O–H groups in total. The molecule has 88 valence electrons. The minimum Gasteiger partial charge on any atom is -0.372 e. The van der Waals surface area contributed by atoms with Crippen molar-refractivity contribution in [3.05, 3.63) is 0 Å². The Morgan fingerprint density at radius 1 is 1.47 bits per heavy atom. The molecular formula is C11H22N2O2. The average Bonchev–Trinajstić information content (AvgIpc) is 2.16. The van der Waals surface area contributed by atoms with Crippen molar-refractivity contribution in [3.8, 4) is 0 Å². The second-order valence-electron chi connectivity index (χ2n) is 4.60. The summed E-state index contributed by atoms with van der Waals surface area (Å²) in [5.74, 6) is 0.473. The lowest BCUT2D eigenvalue weighted by Crippen LogP contribution is -2.48. The van der Waals surface area contributed by atoms with Gasteiger partial charge in [-0.1, -0.05) is 6.92 Å². The van der Waals surface area contributed by atoms with Crippen LogP contribution in [0.1, 0.15) is 27.2 Å². The zero-order chi connectivity index (χ0) is 11.4. The van der Waals surface area contributed by atoms with Crippen molar-refractivity contribution in [1.29, 1.82) is 0 Å². The highest BCUT2D eigenvalue weighted by Gasteiger charge is 2.26. The quantitative estimate of drug-likeness (QED) is 0.749. The number of ether oxygens (including phenoxy) is 1. The summed E-state index contributed by atoms with van der Waals surface area (Å²) in [5, 5.41) is 0. The van der Waals surface area contributed by atoms with E-state index in [1.54, 1.807) is 0 Å². The Labute approximate surface area is 91.8 Å². The highest BCUT2D eigenvalue weighted by atomic mass is 16.5. The van der Waals surface area contributed by atoms with Gasteiger partial charge in [-0.25, -0.2) is 0 Å². The van der Waals surface area contributed by atoms with E-state index in [4.69, 9.17) is 10.5 Å². The van der Waals surface area contributed by atoms with Gasteiger partial charge in [0.15, 0.2) is 0 Å². The van der Waals surface area contributed by atoms with Gasteiger partial charge in [0.1, 0.15) is 0 Å². The van der Waals surface area contributed by atoms with Crippen LogP contribution in [0.5, 0.6) is 0 Å². The van der Waals surface area contributed by atoms with Crippen molar-refractivity contribution in [2.75, 3.05) is 19.6 Å². The Morgan fingerprint density at radius 2 is 2.00 bits per heavy atom. The molecule has 1 aliphatic heterocycles. The molecule has 0 saturated carbocycles. The monoisotopic (exact) mass is 214 g/mol. The molecule has 1 rings (SSSR count). The van der Waals surface area contributed by atoms with E-state index in [2.05, 4.69) is 0 Å². The fourth-order valence-corrected chi connectivity index (χ4v) is 1.89.